The van der Waals surface area contributed by atoms with E-state index in [-0.39, 0.29) is 11.9 Å². The molecule has 2 nitrogen and oxygen atoms in total. The fourth-order valence-corrected chi connectivity index (χ4v) is 1.64. The highest BCUT2D eigenvalue weighted by Gasteiger charge is 2.19. The molecule has 0 bridgehead atoms. The number of rotatable bonds is 6. The van der Waals surface area contributed by atoms with Crippen LogP contribution in [0.2, 0.25) is 0 Å². The summed E-state index contributed by atoms with van der Waals surface area (Å²) in [6.07, 6.45) is 2.78. The van der Waals surface area contributed by atoms with Crippen LogP contribution in [0.1, 0.15) is 44.6 Å². The normalized spacial score (nSPS) is 12.1. The van der Waals surface area contributed by atoms with Crippen LogP contribution in [0.5, 0.6) is 0 Å². The second kappa shape index (κ2) is 7.04. The molecule has 1 aromatic carbocycles. The minimum atomic E-state index is -0.113. The number of carbonyl (C=O) groups is 1. The van der Waals surface area contributed by atoms with Crippen LogP contribution < -0.4 is 0 Å². The largest absolute Gasteiger partial charge is 0.465 e. The third kappa shape index (κ3) is 3.69. The molecule has 0 radical (unpaired) electrons. The quantitative estimate of drug-likeness (QED) is 0.541. The van der Waals surface area contributed by atoms with Crippen molar-refractivity contribution in [2.45, 2.75) is 39.0 Å². The summed E-state index contributed by atoms with van der Waals surface area (Å²) in [5.74, 6) is -0.208. The van der Waals surface area contributed by atoms with Crippen LogP contribution in [0, 0.1) is 0 Å². The molecule has 2 heteroatoms. The molecule has 0 saturated heterocycles. The molecule has 0 heterocycles. The second-order valence-corrected chi connectivity index (χ2v) is 3.89. The van der Waals surface area contributed by atoms with Gasteiger partial charge in [0.2, 0.25) is 0 Å². The molecule has 88 valence electrons. The van der Waals surface area contributed by atoms with Gasteiger partial charge in [-0.25, -0.2) is 0 Å². The van der Waals surface area contributed by atoms with Crippen LogP contribution in [0.25, 0.3) is 0 Å². The van der Waals surface area contributed by atoms with Crippen molar-refractivity contribution in [2.24, 2.45) is 0 Å². The Morgan fingerprint density at radius 1 is 1.25 bits per heavy atom. The summed E-state index contributed by atoms with van der Waals surface area (Å²) < 4.78 is 5.25. The fraction of sp³-hybridized carbons (Fsp3) is 0.500. The van der Waals surface area contributed by atoms with Crippen LogP contribution in [-0.4, -0.2) is 12.6 Å². The zero-order valence-electron chi connectivity index (χ0n) is 10.1. The first-order valence-corrected chi connectivity index (χ1v) is 6.01. The molecule has 0 amide bonds. The Balaban J connectivity index is 2.57. The smallest absolute Gasteiger partial charge is 0.313 e. The number of hydrogen-bond donors (Lipinski definition) is 0. The van der Waals surface area contributed by atoms with E-state index in [4.69, 9.17) is 4.74 Å². The standard InChI is InChI=1S/C14H20O2/c1-3-5-11-16-14(15)13(4-2)12-9-7-6-8-10-12/h6-10,13H,3-5,11H2,1-2H3. The van der Waals surface area contributed by atoms with Crippen LogP contribution in [0.15, 0.2) is 30.3 Å². The Hall–Kier alpha value is -1.31. The van der Waals surface area contributed by atoms with Gasteiger partial charge in [0.1, 0.15) is 0 Å². The van der Waals surface area contributed by atoms with Crippen molar-refractivity contribution in [1.82, 2.24) is 0 Å². The molecule has 16 heavy (non-hydrogen) atoms. The van der Waals surface area contributed by atoms with E-state index >= 15 is 0 Å². The highest BCUT2D eigenvalue weighted by Crippen LogP contribution is 2.20. The van der Waals surface area contributed by atoms with Crippen molar-refractivity contribution < 1.29 is 9.53 Å². The average molecular weight is 220 g/mol. The van der Waals surface area contributed by atoms with Gasteiger partial charge in [-0.05, 0) is 18.4 Å². The summed E-state index contributed by atoms with van der Waals surface area (Å²) in [7, 11) is 0. The van der Waals surface area contributed by atoms with Gasteiger partial charge >= 0.3 is 5.97 Å². The van der Waals surface area contributed by atoms with Gasteiger partial charge in [-0.1, -0.05) is 50.6 Å². The van der Waals surface area contributed by atoms with Gasteiger partial charge in [0.15, 0.2) is 0 Å². The molecule has 0 aliphatic carbocycles. The molecule has 0 spiro atoms. The van der Waals surface area contributed by atoms with Crippen molar-refractivity contribution in [1.29, 1.82) is 0 Å². The number of hydrogen-bond acceptors (Lipinski definition) is 2. The van der Waals surface area contributed by atoms with Crippen molar-refractivity contribution in [3.8, 4) is 0 Å². The lowest BCUT2D eigenvalue weighted by Crippen LogP contribution is -2.16. The van der Waals surface area contributed by atoms with Gasteiger partial charge in [-0.3, -0.25) is 4.79 Å². The molecule has 0 N–H and O–H groups in total. The maximum atomic E-state index is 11.8. The van der Waals surface area contributed by atoms with Gasteiger partial charge in [0, 0.05) is 0 Å². The molecule has 0 saturated carbocycles. The topological polar surface area (TPSA) is 26.3 Å². The molecule has 1 unspecified atom stereocenters. The summed E-state index contributed by atoms with van der Waals surface area (Å²) >= 11 is 0. The lowest BCUT2D eigenvalue weighted by molar-refractivity contribution is -0.145. The van der Waals surface area contributed by atoms with E-state index in [1.165, 1.54) is 0 Å². The summed E-state index contributed by atoms with van der Waals surface area (Å²) in [6, 6.07) is 9.83. The van der Waals surface area contributed by atoms with Crippen LogP contribution >= 0.6 is 0 Å². The fourth-order valence-electron chi connectivity index (χ4n) is 1.64. The van der Waals surface area contributed by atoms with Gasteiger partial charge in [-0.15, -0.1) is 0 Å². The van der Waals surface area contributed by atoms with Crippen molar-refractivity contribution >= 4 is 5.97 Å². The predicted molar refractivity (Wildman–Crippen MR) is 65.3 cm³/mol. The number of benzene rings is 1. The van der Waals surface area contributed by atoms with E-state index in [2.05, 4.69) is 6.92 Å². The first-order chi connectivity index (χ1) is 7.79. The molecular weight excluding hydrogens is 200 g/mol. The third-order valence-corrected chi connectivity index (χ3v) is 2.64. The van der Waals surface area contributed by atoms with Gasteiger partial charge < -0.3 is 4.74 Å². The highest BCUT2D eigenvalue weighted by molar-refractivity contribution is 5.78. The SMILES string of the molecule is CCCCOC(=O)C(CC)c1ccccc1. The van der Waals surface area contributed by atoms with Crippen LogP contribution in [0.3, 0.4) is 0 Å². The molecule has 1 rings (SSSR count). The van der Waals surface area contributed by atoms with E-state index in [0.29, 0.717) is 6.61 Å². The summed E-state index contributed by atoms with van der Waals surface area (Å²) in [4.78, 5) is 11.8. The maximum absolute atomic E-state index is 11.8. The maximum Gasteiger partial charge on any atom is 0.313 e. The molecule has 0 fully saturated rings. The van der Waals surface area contributed by atoms with E-state index in [1.54, 1.807) is 0 Å². The Morgan fingerprint density at radius 2 is 1.94 bits per heavy atom. The Labute approximate surface area is 97.6 Å². The third-order valence-electron chi connectivity index (χ3n) is 2.64. The molecule has 0 aliphatic heterocycles. The van der Waals surface area contributed by atoms with E-state index < -0.39 is 0 Å². The Morgan fingerprint density at radius 3 is 2.50 bits per heavy atom. The van der Waals surface area contributed by atoms with Crippen molar-refractivity contribution in [3.63, 3.8) is 0 Å². The van der Waals surface area contributed by atoms with E-state index in [9.17, 15) is 4.79 Å². The molecule has 0 aliphatic rings. The summed E-state index contributed by atoms with van der Waals surface area (Å²) in [6.45, 7) is 4.64. The Bertz CT molecular complexity index is 306. The lowest BCUT2D eigenvalue weighted by atomic mass is 9.97. The number of esters is 1. The minimum Gasteiger partial charge on any atom is -0.465 e. The van der Waals surface area contributed by atoms with Gasteiger partial charge in [-0.2, -0.15) is 0 Å². The van der Waals surface area contributed by atoms with Gasteiger partial charge in [0.05, 0.1) is 12.5 Å². The van der Waals surface area contributed by atoms with Gasteiger partial charge in [0.25, 0.3) is 0 Å². The first kappa shape index (κ1) is 12.8. The molecule has 1 aromatic rings. The highest BCUT2D eigenvalue weighted by atomic mass is 16.5. The monoisotopic (exact) mass is 220 g/mol. The zero-order chi connectivity index (χ0) is 11.8. The number of carbonyl (C=O) groups excluding carboxylic acids is 1. The predicted octanol–water partition coefficient (Wildman–Crippen LogP) is 3.52. The molecule has 1 atom stereocenters. The molecule has 0 aromatic heterocycles. The Kier molecular flexibility index (Phi) is 5.62. The zero-order valence-corrected chi connectivity index (χ0v) is 10.1. The van der Waals surface area contributed by atoms with Crippen LogP contribution in [-0.2, 0) is 9.53 Å². The summed E-state index contributed by atoms with van der Waals surface area (Å²) in [5.41, 5.74) is 1.05. The minimum absolute atomic E-state index is 0.0952. The lowest BCUT2D eigenvalue weighted by Gasteiger charge is -2.14. The molecular formula is C14H20O2. The van der Waals surface area contributed by atoms with Crippen molar-refractivity contribution in [3.05, 3.63) is 35.9 Å². The number of ether oxygens (including phenoxy) is 1. The van der Waals surface area contributed by atoms with Crippen molar-refractivity contribution in [2.75, 3.05) is 6.61 Å². The number of unbranched alkanes of at least 4 members (excludes halogenated alkanes) is 1. The van der Waals surface area contributed by atoms with Crippen LogP contribution in [0.4, 0.5) is 0 Å². The average Bonchev–Trinajstić information content (AvgIpc) is 2.32. The first-order valence-electron chi connectivity index (χ1n) is 6.01. The van der Waals surface area contributed by atoms with E-state index in [1.807, 2.05) is 37.3 Å². The second-order valence-electron chi connectivity index (χ2n) is 3.89. The summed E-state index contributed by atoms with van der Waals surface area (Å²) in [5, 5.41) is 0. The van der Waals surface area contributed by atoms with E-state index in [0.717, 1.165) is 24.8 Å².